The molecule has 0 aromatic heterocycles. The smallest absolute Gasteiger partial charge is 0.269 e. The first kappa shape index (κ1) is 19.9. The summed E-state index contributed by atoms with van der Waals surface area (Å²) in [6.45, 7) is 3.92. The molecule has 2 aromatic carbocycles. The highest BCUT2D eigenvalue weighted by atomic mass is 19.1. The Balaban J connectivity index is 1.90. The highest BCUT2D eigenvalue weighted by molar-refractivity contribution is 6.07. The summed E-state index contributed by atoms with van der Waals surface area (Å²) >= 11 is 0. The third-order valence-electron chi connectivity index (χ3n) is 5.69. The third kappa shape index (κ3) is 3.51. The van der Waals surface area contributed by atoms with Gasteiger partial charge in [-0.3, -0.25) is 24.6 Å². The number of hydrogen-bond donors (Lipinski definition) is 0. The summed E-state index contributed by atoms with van der Waals surface area (Å²) < 4.78 is 13.9. The van der Waals surface area contributed by atoms with E-state index in [-0.39, 0.29) is 29.2 Å². The van der Waals surface area contributed by atoms with Crippen LogP contribution in [0.3, 0.4) is 0 Å². The number of allylic oxidation sites excluding steroid dienone is 2. The molecule has 154 valence electrons. The average Bonchev–Trinajstić information content (AvgIpc) is 2.66. The van der Waals surface area contributed by atoms with E-state index in [9.17, 15) is 24.1 Å². The molecule has 0 radical (unpaired) electrons. The van der Waals surface area contributed by atoms with Gasteiger partial charge >= 0.3 is 0 Å². The lowest BCUT2D eigenvalue weighted by Gasteiger charge is -2.42. The molecule has 2 aromatic rings. The number of non-ortho nitro benzene ring substituents is 1. The second kappa shape index (κ2) is 7.16. The van der Waals surface area contributed by atoms with Gasteiger partial charge in [0.15, 0.2) is 5.78 Å². The van der Waals surface area contributed by atoms with Gasteiger partial charge in [0.25, 0.3) is 5.69 Å². The van der Waals surface area contributed by atoms with Gasteiger partial charge in [0.05, 0.1) is 10.6 Å². The van der Waals surface area contributed by atoms with Crippen LogP contribution in [0.25, 0.3) is 0 Å². The maximum atomic E-state index is 13.9. The van der Waals surface area contributed by atoms with Crippen molar-refractivity contribution in [1.82, 2.24) is 0 Å². The van der Waals surface area contributed by atoms with Crippen molar-refractivity contribution in [2.24, 2.45) is 5.41 Å². The maximum absolute atomic E-state index is 13.9. The van der Waals surface area contributed by atoms with E-state index in [1.807, 2.05) is 13.8 Å². The molecule has 2 aliphatic rings. The van der Waals surface area contributed by atoms with Crippen LogP contribution >= 0.6 is 0 Å². The molecule has 0 spiro atoms. The first-order chi connectivity index (χ1) is 14.2. The molecule has 6 nitrogen and oxygen atoms in total. The van der Waals surface area contributed by atoms with Gasteiger partial charge in [-0.05, 0) is 35.6 Å². The van der Waals surface area contributed by atoms with Crippen molar-refractivity contribution in [3.05, 3.63) is 81.3 Å². The minimum Gasteiger partial charge on any atom is -0.294 e. The van der Waals surface area contributed by atoms with Gasteiger partial charge in [-0.25, -0.2) is 4.39 Å². The van der Waals surface area contributed by atoms with Gasteiger partial charge in [-0.2, -0.15) is 0 Å². The molecule has 0 bridgehead atoms. The minimum absolute atomic E-state index is 0.0112. The van der Waals surface area contributed by atoms with Gasteiger partial charge in [0.1, 0.15) is 5.82 Å². The average molecular weight is 408 g/mol. The molecule has 1 unspecified atom stereocenters. The Bertz CT molecular complexity index is 1110. The SMILES string of the molecule is CC1(C)CC(=O)C2=C(C1)N(c1cccc(F)c1)C(=O)CC2c1cccc([N+](=O)[O-])c1. The standard InChI is InChI=1S/C23H21FN2O4/c1-23(2)12-19-22(20(27)13-23)18(14-5-3-8-17(9-14)26(29)30)11-21(28)25(19)16-7-4-6-15(24)10-16/h3-10,18H,11-13H2,1-2H3. The Kier molecular flexibility index (Phi) is 4.76. The van der Waals surface area contributed by atoms with Gasteiger partial charge in [0, 0.05) is 42.2 Å². The molecular formula is C23H21FN2O4. The van der Waals surface area contributed by atoms with Crippen molar-refractivity contribution in [3.63, 3.8) is 0 Å². The second-order valence-corrected chi connectivity index (χ2v) is 8.62. The van der Waals surface area contributed by atoms with Crippen molar-refractivity contribution in [1.29, 1.82) is 0 Å². The number of nitrogens with zero attached hydrogens (tertiary/aromatic N) is 2. The van der Waals surface area contributed by atoms with Crippen molar-refractivity contribution < 1.29 is 18.9 Å². The first-order valence-corrected chi connectivity index (χ1v) is 9.75. The molecule has 1 heterocycles. The largest absolute Gasteiger partial charge is 0.294 e. The van der Waals surface area contributed by atoms with Crippen LogP contribution in [0.15, 0.2) is 59.8 Å². The first-order valence-electron chi connectivity index (χ1n) is 9.75. The minimum atomic E-state index is -0.555. The second-order valence-electron chi connectivity index (χ2n) is 8.62. The molecular weight excluding hydrogens is 387 g/mol. The van der Waals surface area contributed by atoms with Crippen molar-refractivity contribution in [2.75, 3.05) is 4.90 Å². The topological polar surface area (TPSA) is 80.5 Å². The predicted octanol–water partition coefficient (Wildman–Crippen LogP) is 4.90. The lowest BCUT2D eigenvalue weighted by molar-refractivity contribution is -0.384. The zero-order valence-corrected chi connectivity index (χ0v) is 16.7. The number of nitro groups is 1. The number of carbonyl (C=O) groups excluding carboxylic acids is 2. The van der Waals surface area contributed by atoms with Gasteiger partial charge in [-0.1, -0.05) is 32.0 Å². The van der Waals surface area contributed by atoms with Crippen LogP contribution < -0.4 is 4.90 Å². The molecule has 7 heteroatoms. The fraction of sp³-hybridized carbons (Fsp3) is 0.304. The lowest BCUT2D eigenvalue weighted by atomic mass is 9.69. The van der Waals surface area contributed by atoms with Crippen molar-refractivity contribution >= 4 is 23.1 Å². The normalized spacial score (nSPS) is 20.9. The summed E-state index contributed by atoms with van der Waals surface area (Å²) in [7, 11) is 0. The van der Waals surface area contributed by atoms with Gasteiger partial charge < -0.3 is 0 Å². The summed E-state index contributed by atoms with van der Waals surface area (Å²) in [6, 6.07) is 11.8. The Morgan fingerprint density at radius 3 is 2.53 bits per heavy atom. The van der Waals surface area contributed by atoms with E-state index in [1.165, 1.54) is 35.2 Å². The summed E-state index contributed by atoms with van der Waals surface area (Å²) in [5, 5.41) is 11.2. The number of ketones is 1. The Morgan fingerprint density at radius 1 is 1.10 bits per heavy atom. The van der Waals surface area contributed by atoms with Crippen molar-refractivity contribution in [3.8, 4) is 0 Å². The molecule has 1 aliphatic carbocycles. The van der Waals surface area contributed by atoms with Gasteiger partial charge in [0.2, 0.25) is 5.91 Å². The number of carbonyl (C=O) groups is 2. The molecule has 0 N–H and O–H groups in total. The summed E-state index contributed by atoms with van der Waals surface area (Å²) in [6.07, 6.45) is 0.785. The number of hydrogen-bond acceptors (Lipinski definition) is 4. The van der Waals surface area contributed by atoms with Crippen LogP contribution in [0.2, 0.25) is 0 Å². The van der Waals surface area contributed by atoms with Crippen LogP contribution in [0, 0.1) is 21.3 Å². The number of anilines is 1. The number of benzene rings is 2. The van der Waals surface area contributed by atoms with Crippen molar-refractivity contribution in [2.45, 2.75) is 39.0 Å². The highest BCUT2D eigenvalue weighted by Crippen LogP contribution is 2.48. The Labute approximate surface area is 173 Å². The Morgan fingerprint density at radius 2 is 1.83 bits per heavy atom. The molecule has 1 amide bonds. The number of amides is 1. The molecule has 1 aliphatic heterocycles. The van der Waals surface area contributed by atoms with E-state index >= 15 is 0 Å². The lowest BCUT2D eigenvalue weighted by Crippen LogP contribution is -2.43. The van der Waals surface area contributed by atoms with E-state index in [0.29, 0.717) is 35.4 Å². The fourth-order valence-corrected chi connectivity index (χ4v) is 4.47. The van der Waals surface area contributed by atoms with Crippen LogP contribution in [0.1, 0.15) is 44.6 Å². The number of Topliss-reactive ketones (excluding diaryl/α,β-unsaturated/α-hetero) is 1. The van der Waals surface area contributed by atoms with E-state index in [0.717, 1.165) is 0 Å². The molecule has 30 heavy (non-hydrogen) atoms. The van der Waals surface area contributed by atoms with E-state index in [2.05, 4.69) is 0 Å². The van der Waals surface area contributed by atoms with E-state index < -0.39 is 16.7 Å². The zero-order valence-electron chi connectivity index (χ0n) is 16.7. The highest BCUT2D eigenvalue weighted by Gasteiger charge is 2.44. The quantitative estimate of drug-likeness (QED) is 0.535. The summed E-state index contributed by atoms with van der Waals surface area (Å²) in [5.74, 6) is -1.36. The van der Waals surface area contributed by atoms with Crippen LogP contribution in [0.5, 0.6) is 0 Å². The summed E-state index contributed by atoms with van der Waals surface area (Å²) in [4.78, 5) is 38.6. The fourth-order valence-electron chi connectivity index (χ4n) is 4.47. The molecule has 1 atom stereocenters. The summed E-state index contributed by atoms with van der Waals surface area (Å²) in [5.41, 5.74) is 1.57. The Hall–Kier alpha value is -3.35. The number of halogens is 1. The zero-order chi connectivity index (χ0) is 21.6. The monoisotopic (exact) mass is 408 g/mol. The number of nitro benzene ring substituents is 1. The third-order valence-corrected chi connectivity index (χ3v) is 5.69. The molecule has 0 fully saturated rings. The number of rotatable bonds is 3. The maximum Gasteiger partial charge on any atom is 0.269 e. The molecule has 0 saturated carbocycles. The van der Waals surface area contributed by atoms with Crippen LogP contribution in [0.4, 0.5) is 15.8 Å². The molecule has 4 rings (SSSR count). The van der Waals surface area contributed by atoms with E-state index in [1.54, 1.807) is 18.2 Å². The van der Waals surface area contributed by atoms with Crippen LogP contribution in [-0.4, -0.2) is 16.6 Å². The predicted molar refractivity (Wildman–Crippen MR) is 109 cm³/mol. The molecule has 0 saturated heterocycles. The van der Waals surface area contributed by atoms with Gasteiger partial charge in [-0.15, -0.1) is 0 Å². The van der Waals surface area contributed by atoms with E-state index in [4.69, 9.17) is 0 Å². The van der Waals surface area contributed by atoms with Crippen LogP contribution in [-0.2, 0) is 9.59 Å².